The molecule has 0 fully saturated rings. The molecule has 0 aliphatic carbocycles. The van der Waals surface area contributed by atoms with Gasteiger partial charge in [0, 0.05) is 18.9 Å². The van der Waals surface area contributed by atoms with Crippen LogP contribution in [0.1, 0.15) is 18.4 Å². The summed E-state index contributed by atoms with van der Waals surface area (Å²) in [6, 6.07) is 0.817. The molecule has 0 spiro atoms. The van der Waals surface area contributed by atoms with Crippen LogP contribution in [0.4, 0.5) is 0 Å². The molecule has 0 saturated carbocycles. The highest BCUT2D eigenvalue weighted by Crippen LogP contribution is 2.05. The van der Waals surface area contributed by atoms with Crippen molar-refractivity contribution >= 4 is 5.97 Å². The second-order valence-electron chi connectivity index (χ2n) is 2.79. The number of rotatable bonds is 4. The normalized spacial score (nSPS) is 12.8. The summed E-state index contributed by atoms with van der Waals surface area (Å²) in [5.74, 6) is -0.284. The van der Waals surface area contributed by atoms with Crippen molar-refractivity contribution in [2.75, 3.05) is 0 Å². The molecule has 0 aliphatic rings. The van der Waals surface area contributed by atoms with Crippen LogP contribution >= 0.6 is 0 Å². The van der Waals surface area contributed by atoms with E-state index in [1.54, 1.807) is 6.07 Å². The first-order chi connectivity index (χ1) is 6.13. The molecule has 0 aromatic carbocycles. The van der Waals surface area contributed by atoms with Crippen molar-refractivity contribution in [2.45, 2.75) is 25.8 Å². The monoisotopic (exact) mass is 184 g/mol. The van der Waals surface area contributed by atoms with Crippen molar-refractivity contribution in [3.8, 4) is 0 Å². The van der Waals surface area contributed by atoms with E-state index >= 15 is 0 Å². The number of carboxylic acids is 1. The van der Waals surface area contributed by atoms with Crippen LogP contribution in [-0.4, -0.2) is 22.3 Å². The summed E-state index contributed by atoms with van der Waals surface area (Å²) in [7, 11) is 0. The van der Waals surface area contributed by atoms with Crippen LogP contribution < -0.4 is 5.73 Å². The molecular formula is C8H12N2O3. The highest BCUT2D eigenvalue weighted by Gasteiger charge is 2.14. The molecular weight excluding hydrogens is 172 g/mol. The smallest absolute Gasteiger partial charge is 0.320 e. The topological polar surface area (TPSA) is 89.4 Å². The number of aryl methyl sites for hydroxylation is 1. The number of nitrogens with two attached hydrogens (primary N) is 1. The lowest BCUT2D eigenvalue weighted by Crippen LogP contribution is -2.32. The number of carboxylic acid groups (broad SMARTS) is 1. The average molecular weight is 184 g/mol. The van der Waals surface area contributed by atoms with Gasteiger partial charge in [-0.1, -0.05) is 12.1 Å². The Labute approximate surface area is 75.5 Å². The van der Waals surface area contributed by atoms with Gasteiger partial charge in [-0.15, -0.1) is 0 Å². The SMILES string of the molecule is CCc1cc(CC(N)C(=O)O)no1. The molecule has 13 heavy (non-hydrogen) atoms. The number of nitrogens with zero attached hydrogens (tertiary/aromatic N) is 1. The van der Waals surface area contributed by atoms with E-state index in [1.165, 1.54) is 0 Å². The summed E-state index contributed by atoms with van der Waals surface area (Å²) in [4.78, 5) is 10.4. The Kier molecular flexibility index (Phi) is 3.02. The average Bonchev–Trinajstić information content (AvgIpc) is 2.52. The van der Waals surface area contributed by atoms with Gasteiger partial charge >= 0.3 is 5.97 Å². The van der Waals surface area contributed by atoms with Gasteiger partial charge in [-0.3, -0.25) is 4.79 Å². The molecule has 0 aliphatic heterocycles. The fourth-order valence-corrected chi connectivity index (χ4v) is 0.931. The lowest BCUT2D eigenvalue weighted by Gasteiger charge is -2.00. The van der Waals surface area contributed by atoms with Crippen LogP contribution in [0.2, 0.25) is 0 Å². The molecule has 3 N–H and O–H groups in total. The van der Waals surface area contributed by atoms with E-state index in [2.05, 4.69) is 5.16 Å². The molecule has 1 aromatic rings. The Bertz CT molecular complexity index is 295. The molecule has 72 valence electrons. The molecule has 1 rings (SSSR count). The van der Waals surface area contributed by atoms with Gasteiger partial charge in [-0.25, -0.2) is 0 Å². The molecule has 0 radical (unpaired) electrons. The van der Waals surface area contributed by atoms with Gasteiger partial charge in [0.1, 0.15) is 11.8 Å². The zero-order chi connectivity index (χ0) is 9.84. The van der Waals surface area contributed by atoms with E-state index in [0.717, 1.165) is 12.2 Å². The van der Waals surface area contributed by atoms with Crippen LogP contribution in [0.5, 0.6) is 0 Å². The van der Waals surface area contributed by atoms with Crippen LogP contribution in [0, 0.1) is 0 Å². The summed E-state index contributed by atoms with van der Waals surface area (Å²) < 4.78 is 4.90. The van der Waals surface area contributed by atoms with Gasteiger partial charge in [0.25, 0.3) is 0 Å². The number of aliphatic carboxylic acids is 1. The van der Waals surface area contributed by atoms with Gasteiger partial charge < -0.3 is 15.4 Å². The first kappa shape index (κ1) is 9.73. The lowest BCUT2D eigenvalue weighted by molar-refractivity contribution is -0.138. The van der Waals surface area contributed by atoms with Crippen LogP contribution in [0.25, 0.3) is 0 Å². The van der Waals surface area contributed by atoms with Gasteiger partial charge in [0.05, 0.1) is 5.69 Å². The van der Waals surface area contributed by atoms with Crippen molar-refractivity contribution in [1.29, 1.82) is 0 Å². The van der Waals surface area contributed by atoms with Crippen molar-refractivity contribution < 1.29 is 14.4 Å². The maximum absolute atomic E-state index is 10.4. The molecule has 0 saturated heterocycles. The Morgan fingerprint density at radius 2 is 2.54 bits per heavy atom. The van der Waals surface area contributed by atoms with Crippen molar-refractivity contribution in [3.63, 3.8) is 0 Å². The highest BCUT2D eigenvalue weighted by molar-refractivity contribution is 5.73. The van der Waals surface area contributed by atoms with Gasteiger partial charge in [-0.05, 0) is 0 Å². The number of carbonyl (C=O) groups is 1. The third-order valence-corrected chi connectivity index (χ3v) is 1.70. The Morgan fingerprint density at radius 3 is 3.00 bits per heavy atom. The second-order valence-corrected chi connectivity index (χ2v) is 2.79. The van der Waals surface area contributed by atoms with E-state index in [9.17, 15) is 4.79 Å². The highest BCUT2D eigenvalue weighted by atomic mass is 16.5. The van der Waals surface area contributed by atoms with E-state index in [4.69, 9.17) is 15.4 Å². The number of hydrogen-bond donors (Lipinski definition) is 2. The molecule has 1 atom stereocenters. The first-order valence-electron chi connectivity index (χ1n) is 4.06. The minimum Gasteiger partial charge on any atom is -0.480 e. The molecule has 5 nitrogen and oxygen atoms in total. The van der Waals surface area contributed by atoms with Gasteiger partial charge in [0.15, 0.2) is 0 Å². The fraction of sp³-hybridized carbons (Fsp3) is 0.500. The third kappa shape index (κ3) is 2.55. The van der Waals surface area contributed by atoms with E-state index in [0.29, 0.717) is 5.69 Å². The van der Waals surface area contributed by atoms with Gasteiger partial charge in [-0.2, -0.15) is 0 Å². The largest absolute Gasteiger partial charge is 0.480 e. The molecule has 5 heteroatoms. The number of hydrogen-bond acceptors (Lipinski definition) is 4. The van der Waals surface area contributed by atoms with Crippen LogP contribution in [-0.2, 0) is 17.6 Å². The fourth-order valence-electron chi connectivity index (χ4n) is 0.931. The Morgan fingerprint density at radius 1 is 1.85 bits per heavy atom. The predicted molar refractivity (Wildman–Crippen MR) is 45.2 cm³/mol. The second kappa shape index (κ2) is 4.04. The minimum atomic E-state index is -1.03. The van der Waals surface area contributed by atoms with Crippen molar-refractivity contribution in [2.24, 2.45) is 5.73 Å². The molecule has 1 aromatic heterocycles. The van der Waals surface area contributed by atoms with E-state index in [-0.39, 0.29) is 6.42 Å². The predicted octanol–water partition coefficient (Wildman–Crippen LogP) is 0.191. The summed E-state index contributed by atoms with van der Waals surface area (Å²) in [5.41, 5.74) is 5.91. The maximum Gasteiger partial charge on any atom is 0.320 e. The Balaban J connectivity index is 2.58. The zero-order valence-electron chi connectivity index (χ0n) is 7.36. The third-order valence-electron chi connectivity index (χ3n) is 1.70. The minimum absolute atomic E-state index is 0.207. The molecule has 1 unspecified atom stereocenters. The summed E-state index contributed by atoms with van der Waals surface area (Å²) in [6.45, 7) is 1.93. The maximum atomic E-state index is 10.4. The zero-order valence-corrected chi connectivity index (χ0v) is 7.36. The molecule has 0 bridgehead atoms. The van der Waals surface area contributed by atoms with Gasteiger partial charge in [0.2, 0.25) is 0 Å². The Hall–Kier alpha value is -1.36. The lowest BCUT2D eigenvalue weighted by atomic mass is 10.1. The molecule has 1 heterocycles. The standard InChI is InChI=1S/C8H12N2O3/c1-2-6-3-5(10-13-6)4-7(9)8(11)12/h3,7H,2,4,9H2,1H3,(H,11,12). The van der Waals surface area contributed by atoms with Crippen molar-refractivity contribution in [1.82, 2.24) is 5.16 Å². The van der Waals surface area contributed by atoms with E-state index < -0.39 is 12.0 Å². The quantitative estimate of drug-likeness (QED) is 0.697. The first-order valence-corrected chi connectivity index (χ1v) is 4.06. The summed E-state index contributed by atoms with van der Waals surface area (Å²) in [6.07, 6.45) is 0.953. The summed E-state index contributed by atoms with van der Waals surface area (Å²) >= 11 is 0. The number of aromatic nitrogens is 1. The van der Waals surface area contributed by atoms with Crippen LogP contribution in [0.15, 0.2) is 10.6 Å². The summed E-state index contributed by atoms with van der Waals surface area (Å²) in [5, 5.41) is 12.2. The van der Waals surface area contributed by atoms with E-state index in [1.807, 2.05) is 6.92 Å². The molecule has 0 amide bonds. The van der Waals surface area contributed by atoms with Crippen molar-refractivity contribution in [3.05, 3.63) is 17.5 Å². The van der Waals surface area contributed by atoms with Crippen LogP contribution in [0.3, 0.4) is 0 Å².